The van der Waals surface area contributed by atoms with Crippen molar-refractivity contribution >= 4 is 29.5 Å². The molecule has 3 rings (SSSR count). The van der Waals surface area contributed by atoms with Gasteiger partial charge in [-0.15, -0.1) is 0 Å². The number of aromatic amines is 1. The molecule has 29 heavy (non-hydrogen) atoms. The van der Waals surface area contributed by atoms with Crippen molar-refractivity contribution in [1.29, 1.82) is 0 Å². The molecule has 150 valence electrons. The lowest BCUT2D eigenvalue weighted by atomic mass is 10.2. The van der Waals surface area contributed by atoms with Crippen LogP contribution in [0, 0.1) is 6.92 Å². The number of hydrogen-bond donors (Lipinski definition) is 1. The fourth-order valence-corrected chi connectivity index (χ4v) is 2.82. The molecule has 0 saturated heterocycles. The van der Waals surface area contributed by atoms with Crippen molar-refractivity contribution in [1.82, 2.24) is 9.78 Å². The van der Waals surface area contributed by atoms with Crippen molar-refractivity contribution in [2.45, 2.75) is 26.7 Å². The highest BCUT2D eigenvalue weighted by Crippen LogP contribution is 2.15. The summed E-state index contributed by atoms with van der Waals surface area (Å²) in [4.78, 5) is 29.0. The fraction of sp³-hybridized carbons (Fsp3) is 0.227. The lowest BCUT2D eigenvalue weighted by Crippen LogP contribution is -2.17. The molecule has 1 heterocycles. The van der Waals surface area contributed by atoms with E-state index >= 15 is 0 Å². The summed E-state index contributed by atoms with van der Waals surface area (Å²) >= 11 is 5.91. The van der Waals surface area contributed by atoms with Crippen molar-refractivity contribution in [3.8, 4) is 5.69 Å². The average molecular weight is 412 g/mol. The number of nitrogens with zero attached hydrogens (tertiary/aromatic N) is 2. The van der Waals surface area contributed by atoms with Gasteiger partial charge in [0.25, 0.3) is 5.56 Å². The Bertz CT molecular complexity index is 1060. The van der Waals surface area contributed by atoms with Crippen molar-refractivity contribution in [2.24, 2.45) is 4.99 Å². The minimum absolute atomic E-state index is 0.204. The summed E-state index contributed by atoms with van der Waals surface area (Å²) in [5, 5.41) is 3.64. The number of unbranched alkanes of at least 4 members (excludes halogenated alkanes) is 1. The number of ether oxygens (including phenoxy) is 1. The molecule has 6 nitrogen and oxygen atoms in total. The van der Waals surface area contributed by atoms with Gasteiger partial charge in [0.05, 0.1) is 29.1 Å². The van der Waals surface area contributed by atoms with E-state index in [2.05, 4.69) is 10.1 Å². The zero-order chi connectivity index (χ0) is 20.8. The number of rotatable bonds is 7. The van der Waals surface area contributed by atoms with Crippen LogP contribution in [0.15, 0.2) is 58.3 Å². The normalized spacial score (nSPS) is 11.1. The number of benzene rings is 2. The third-order valence-corrected chi connectivity index (χ3v) is 4.63. The number of aliphatic imine (C=N–C) groups is 1. The van der Waals surface area contributed by atoms with Gasteiger partial charge in [0.15, 0.2) is 0 Å². The van der Waals surface area contributed by atoms with Gasteiger partial charge in [-0.3, -0.25) is 14.9 Å². The van der Waals surface area contributed by atoms with Crippen LogP contribution in [0.2, 0.25) is 5.02 Å². The number of aromatic nitrogens is 2. The minimum atomic E-state index is -0.346. The summed E-state index contributed by atoms with van der Waals surface area (Å²) in [6, 6.07) is 13.7. The van der Waals surface area contributed by atoms with Crippen LogP contribution in [-0.2, 0) is 4.74 Å². The van der Waals surface area contributed by atoms with Gasteiger partial charge in [0.2, 0.25) is 0 Å². The molecule has 3 aromatic rings. The fourth-order valence-electron chi connectivity index (χ4n) is 2.70. The lowest BCUT2D eigenvalue weighted by Gasteiger charge is -2.03. The summed E-state index contributed by atoms with van der Waals surface area (Å²) in [5.41, 5.74) is 2.75. The van der Waals surface area contributed by atoms with Gasteiger partial charge in [0, 0.05) is 16.9 Å². The molecule has 0 aliphatic carbocycles. The summed E-state index contributed by atoms with van der Waals surface area (Å²) in [7, 11) is 0. The van der Waals surface area contributed by atoms with Crippen molar-refractivity contribution in [3.63, 3.8) is 0 Å². The molecule has 0 amide bonds. The number of halogens is 1. The molecule has 0 unspecified atom stereocenters. The molecule has 0 aliphatic rings. The van der Waals surface area contributed by atoms with Crippen LogP contribution in [0.3, 0.4) is 0 Å². The highest BCUT2D eigenvalue weighted by molar-refractivity contribution is 6.30. The van der Waals surface area contributed by atoms with E-state index in [4.69, 9.17) is 16.3 Å². The molecular weight excluding hydrogens is 390 g/mol. The van der Waals surface area contributed by atoms with Gasteiger partial charge in [-0.05, 0) is 61.9 Å². The van der Waals surface area contributed by atoms with Crippen LogP contribution >= 0.6 is 11.6 Å². The quantitative estimate of drug-likeness (QED) is 0.343. The van der Waals surface area contributed by atoms with Gasteiger partial charge in [-0.2, -0.15) is 0 Å². The summed E-state index contributed by atoms with van der Waals surface area (Å²) in [6.45, 7) is 4.27. The summed E-state index contributed by atoms with van der Waals surface area (Å²) < 4.78 is 6.63. The van der Waals surface area contributed by atoms with Crippen LogP contribution < -0.4 is 5.56 Å². The molecule has 0 atom stereocenters. The Morgan fingerprint density at radius 1 is 1.17 bits per heavy atom. The molecular formula is C22H22ClN3O3. The van der Waals surface area contributed by atoms with E-state index in [-0.39, 0.29) is 11.5 Å². The van der Waals surface area contributed by atoms with Crippen LogP contribution in [0.5, 0.6) is 0 Å². The first-order valence-electron chi connectivity index (χ1n) is 9.38. The summed E-state index contributed by atoms with van der Waals surface area (Å²) in [5.74, 6) is -0.346. The van der Waals surface area contributed by atoms with Crippen LogP contribution in [-0.4, -0.2) is 28.6 Å². The van der Waals surface area contributed by atoms with E-state index in [0.717, 1.165) is 12.8 Å². The molecule has 0 bridgehead atoms. The van der Waals surface area contributed by atoms with E-state index in [1.165, 1.54) is 10.9 Å². The van der Waals surface area contributed by atoms with Gasteiger partial charge in [-0.25, -0.2) is 9.48 Å². The SMILES string of the molecule is CCCCOC(=O)c1ccc(N=Cc2c(C)[nH]n(-c3ccc(Cl)cc3)c2=O)cc1. The Labute approximate surface area is 173 Å². The first-order chi connectivity index (χ1) is 14.0. The molecule has 0 fully saturated rings. The third kappa shape index (κ3) is 5.03. The van der Waals surface area contributed by atoms with E-state index < -0.39 is 0 Å². The highest BCUT2D eigenvalue weighted by atomic mass is 35.5. The number of H-pyrrole nitrogens is 1. The van der Waals surface area contributed by atoms with E-state index in [1.54, 1.807) is 48.5 Å². The molecule has 7 heteroatoms. The molecule has 0 radical (unpaired) electrons. The van der Waals surface area contributed by atoms with Gasteiger partial charge >= 0.3 is 5.97 Å². The number of carbonyl (C=O) groups excluding carboxylic acids is 1. The van der Waals surface area contributed by atoms with Gasteiger partial charge < -0.3 is 4.74 Å². The molecule has 1 N–H and O–H groups in total. The zero-order valence-electron chi connectivity index (χ0n) is 16.3. The zero-order valence-corrected chi connectivity index (χ0v) is 17.1. The predicted octanol–water partition coefficient (Wildman–Crippen LogP) is 4.83. The van der Waals surface area contributed by atoms with Gasteiger partial charge in [0.1, 0.15) is 0 Å². The molecule has 0 aliphatic heterocycles. The Morgan fingerprint density at radius 2 is 1.86 bits per heavy atom. The maximum Gasteiger partial charge on any atom is 0.338 e. The smallest absolute Gasteiger partial charge is 0.338 e. The number of hydrogen-bond acceptors (Lipinski definition) is 4. The first-order valence-corrected chi connectivity index (χ1v) is 9.76. The van der Waals surface area contributed by atoms with Gasteiger partial charge in [-0.1, -0.05) is 24.9 Å². The number of aryl methyl sites for hydroxylation is 1. The average Bonchev–Trinajstić information content (AvgIpc) is 3.01. The predicted molar refractivity (Wildman–Crippen MR) is 115 cm³/mol. The van der Waals surface area contributed by atoms with Crippen molar-refractivity contribution in [2.75, 3.05) is 6.61 Å². The van der Waals surface area contributed by atoms with E-state index in [9.17, 15) is 9.59 Å². The van der Waals surface area contributed by atoms with Crippen LogP contribution in [0.4, 0.5) is 5.69 Å². The molecule has 0 saturated carbocycles. The number of carbonyl (C=O) groups is 1. The van der Waals surface area contributed by atoms with Crippen LogP contribution in [0.25, 0.3) is 5.69 Å². The second-order valence-corrected chi connectivity index (χ2v) is 7.00. The minimum Gasteiger partial charge on any atom is -0.462 e. The molecule has 2 aromatic carbocycles. The van der Waals surface area contributed by atoms with Crippen molar-refractivity contribution < 1.29 is 9.53 Å². The second kappa shape index (κ2) is 9.39. The Balaban J connectivity index is 1.75. The monoisotopic (exact) mass is 411 g/mol. The van der Waals surface area contributed by atoms with E-state index in [1.807, 2.05) is 13.8 Å². The summed E-state index contributed by atoms with van der Waals surface area (Å²) in [6.07, 6.45) is 3.34. The standard InChI is InChI=1S/C22H22ClN3O3/c1-3-4-13-29-22(28)16-5-9-18(10-6-16)24-14-20-15(2)25-26(21(20)27)19-11-7-17(23)8-12-19/h5-12,14,25H,3-4,13H2,1-2H3. The number of nitrogens with one attached hydrogen (secondary N) is 1. The van der Waals surface area contributed by atoms with E-state index in [0.29, 0.717) is 39.8 Å². The molecule has 1 aromatic heterocycles. The lowest BCUT2D eigenvalue weighted by molar-refractivity contribution is 0.0500. The largest absolute Gasteiger partial charge is 0.462 e. The maximum absolute atomic E-state index is 12.7. The second-order valence-electron chi connectivity index (χ2n) is 6.56. The first kappa shape index (κ1) is 20.6. The Hall–Kier alpha value is -3.12. The number of esters is 1. The Morgan fingerprint density at radius 3 is 2.52 bits per heavy atom. The third-order valence-electron chi connectivity index (χ3n) is 4.38. The Kier molecular flexibility index (Phi) is 6.67. The molecule has 0 spiro atoms. The topological polar surface area (TPSA) is 76.4 Å². The maximum atomic E-state index is 12.7. The highest BCUT2D eigenvalue weighted by Gasteiger charge is 2.11. The van der Waals surface area contributed by atoms with Crippen molar-refractivity contribution in [3.05, 3.63) is 80.7 Å². The van der Waals surface area contributed by atoms with Crippen LogP contribution in [0.1, 0.15) is 41.4 Å².